The average Bonchev–Trinajstić information content (AvgIpc) is 2.22. The molecule has 0 heterocycles. The summed E-state index contributed by atoms with van der Waals surface area (Å²) in [6.45, 7) is 3.85. The predicted molar refractivity (Wildman–Crippen MR) is 71.8 cm³/mol. The quantitative estimate of drug-likeness (QED) is 0.518. The minimum atomic E-state index is -1.44. The maximum Gasteiger partial charge on any atom is 0.314 e. The standard InChI is InChI=1S/C11H22N2O4S/c1-8(6-18-3)5-12-10(16)13-7-11(2,17)4-9(14)15/h8,17H,4-7H2,1-3H3,(H,14,15)(H2,12,13,16). The number of hydrogen-bond acceptors (Lipinski definition) is 4. The van der Waals surface area contributed by atoms with Crippen molar-refractivity contribution in [3.05, 3.63) is 0 Å². The third-order valence-electron chi connectivity index (χ3n) is 2.22. The zero-order valence-corrected chi connectivity index (χ0v) is 11.8. The average molecular weight is 278 g/mol. The smallest absolute Gasteiger partial charge is 0.314 e. The van der Waals surface area contributed by atoms with E-state index in [1.807, 2.05) is 13.2 Å². The number of rotatable bonds is 8. The number of aliphatic carboxylic acids is 1. The van der Waals surface area contributed by atoms with Crippen LogP contribution in [0.4, 0.5) is 4.79 Å². The van der Waals surface area contributed by atoms with E-state index in [-0.39, 0.29) is 6.54 Å². The van der Waals surface area contributed by atoms with Crippen LogP contribution in [0.5, 0.6) is 0 Å². The molecule has 7 heteroatoms. The van der Waals surface area contributed by atoms with Crippen molar-refractivity contribution in [3.8, 4) is 0 Å². The number of nitrogens with one attached hydrogen (secondary N) is 2. The van der Waals surface area contributed by atoms with Crippen molar-refractivity contribution in [1.29, 1.82) is 0 Å². The summed E-state index contributed by atoms with van der Waals surface area (Å²) in [7, 11) is 0. The number of aliphatic hydroxyl groups is 1. The van der Waals surface area contributed by atoms with E-state index >= 15 is 0 Å². The first-order valence-corrected chi connectivity index (χ1v) is 7.11. The predicted octanol–water partition coefficient (Wildman–Crippen LogP) is 0.510. The van der Waals surface area contributed by atoms with Crippen LogP contribution in [0, 0.1) is 5.92 Å². The summed E-state index contributed by atoms with van der Waals surface area (Å²) in [6.07, 6.45) is 1.59. The number of hydrogen-bond donors (Lipinski definition) is 4. The Hall–Kier alpha value is -0.950. The second-order valence-corrected chi connectivity index (χ2v) is 5.60. The topological polar surface area (TPSA) is 98.7 Å². The molecule has 4 N–H and O–H groups in total. The van der Waals surface area contributed by atoms with Gasteiger partial charge in [0, 0.05) is 13.1 Å². The largest absolute Gasteiger partial charge is 0.481 e. The summed E-state index contributed by atoms with van der Waals surface area (Å²) in [4.78, 5) is 21.9. The molecule has 0 aromatic rings. The highest BCUT2D eigenvalue weighted by atomic mass is 32.2. The first-order valence-electron chi connectivity index (χ1n) is 5.71. The van der Waals surface area contributed by atoms with Gasteiger partial charge in [0.15, 0.2) is 0 Å². The molecule has 0 aromatic heterocycles. The Morgan fingerprint density at radius 2 is 2.00 bits per heavy atom. The lowest BCUT2D eigenvalue weighted by Gasteiger charge is -2.21. The lowest BCUT2D eigenvalue weighted by Crippen LogP contribution is -2.46. The molecule has 2 atom stereocenters. The van der Waals surface area contributed by atoms with E-state index in [1.54, 1.807) is 11.8 Å². The van der Waals surface area contributed by atoms with Crippen molar-refractivity contribution in [2.75, 3.05) is 25.1 Å². The minimum Gasteiger partial charge on any atom is -0.481 e. The molecule has 0 aliphatic rings. The Labute approximate surface area is 112 Å². The minimum absolute atomic E-state index is 0.0952. The number of urea groups is 1. The summed E-state index contributed by atoms with van der Waals surface area (Å²) in [5, 5.41) is 23.4. The zero-order valence-electron chi connectivity index (χ0n) is 11.0. The summed E-state index contributed by atoms with van der Waals surface area (Å²) in [5.41, 5.74) is -1.44. The fourth-order valence-electron chi connectivity index (χ4n) is 1.33. The van der Waals surface area contributed by atoms with Gasteiger partial charge in [0.25, 0.3) is 0 Å². The molecule has 2 unspecified atom stereocenters. The Morgan fingerprint density at radius 1 is 1.39 bits per heavy atom. The van der Waals surface area contributed by atoms with Crippen LogP contribution in [-0.4, -0.2) is 52.9 Å². The highest BCUT2D eigenvalue weighted by molar-refractivity contribution is 7.98. The molecule has 0 saturated carbocycles. The summed E-state index contributed by atoms with van der Waals surface area (Å²) >= 11 is 1.71. The molecular formula is C11H22N2O4S. The number of carboxylic acids is 1. The van der Waals surface area contributed by atoms with E-state index in [2.05, 4.69) is 10.6 Å². The maximum atomic E-state index is 11.4. The van der Waals surface area contributed by atoms with Crippen LogP contribution in [0.2, 0.25) is 0 Å². The first-order chi connectivity index (χ1) is 8.26. The van der Waals surface area contributed by atoms with Gasteiger partial charge in [-0.2, -0.15) is 11.8 Å². The number of carbonyl (C=O) groups excluding carboxylic acids is 1. The first kappa shape index (κ1) is 17.1. The van der Waals surface area contributed by atoms with E-state index in [9.17, 15) is 14.7 Å². The van der Waals surface area contributed by atoms with Gasteiger partial charge in [0.1, 0.15) is 0 Å². The van der Waals surface area contributed by atoms with E-state index in [0.29, 0.717) is 12.5 Å². The Balaban J connectivity index is 3.85. The SMILES string of the molecule is CSCC(C)CNC(=O)NCC(C)(O)CC(=O)O. The third kappa shape index (κ3) is 9.12. The van der Waals surface area contributed by atoms with Crippen LogP contribution in [0.3, 0.4) is 0 Å². The molecule has 6 nitrogen and oxygen atoms in total. The molecule has 0 bridgehead atoms. The molecule has 0 rings (SSSR count). The normalized spacial score (nSPS) is 15.6. The van der Waals surface area contributed by atoms with Gasteiger partial charge >= 0.3 is 12.0 Å². The summed E-state index contributed by atoms with van der Waals surface area (Å²) in [5.74, 6) is 0.220. The third-order valence-corrected chi connectivity index (χ3v) is 3.13. The molecular weight excluding hydrogens is 256 g/mol. The molecule has 0 saturated heterocycles. The molecule has 18 heavy (non-hydrogen) atoms. The molecule has 0 radical (unpaired) electrons. The number of thioether (sulfide) groups is 1. The van der Waals surface area contributed by atoms with Crippen LogP contribution >= 0.6 is 11.8 Å². The van der Waals surface area contributed by atoms with E-state index in [4.69, 9.17) is 5.11 Å². The van der Waals surface area contributed by atoms with Gasteiger partial charge in [-0.15, -0.1) is 0 Å². The molecule has 0 aromatic carbocycles. The van der Waals surface area contributed by atoms with Crippen molar-refractivity contribution in [2.45, 2.75) is 25.9 Å². The van der Waals surface area contributed by atoms with Gasteiger partial charge in [-0.05, 0) is 24.9 Å². The van der Waals surface area contributed by atoms with Crippen molar-refractivity contribution in [2.24, 2.45) is 5.92 Å². The van der Waals surface area contributed by atoms with E-state index in [1.165, 1.54) is 6.92 Å². The zero-order chi connectivity index (χ0) is 14.2. The Bertz CT molecular complexity index is 284. The van der Waals surface area contributed by atoms with Crippen molar-refractivity contribution >= 4 is 23.8 Å². The van der Waals surface area contributed by atoms with E-state index in [0.717, 1.165) is 5.75 Å². The molecule has 0 fully saturated rings. The van der Waals surface area contributed by atoms with Crippen LogP contribution in [0.25, 0.3) is 0 Å². The summed E-state index contributed by atoms with van der Waals surface area (Å²) in [6, 6.07) is -0.395. The monoisotopic (exact) mass is 278 g/mol. The lowest BCUT2D eigenvalue weighted by molar-refractivity contribution is -0.141. The number of carboxylic acid groups (broad SMARTS) is 1. The number of carbonyl (C=O) groups is 2. The molecule has 0 aliphatic heterocycles. The summed E-state index contributed by atoms with van der Waals surface area (Å²) < 4.78 is 0. The van der Waals surface area contributed by atoms with Gasteiger partial charge in [-0.25, -0.2) is 4.79 Å². The highest BCUT2D eigenvalue weighted by Gasteiger charge is 2.24. The molecule has 106 valence electrons. The van der Waals surface area contributed by atoms with Gasteiger partial charge in [-0.3, -0.25) is 4.79 Å². The van der Waals surface area contributed by atoms with Gasteiger partial charge < -0.3 is 20.8 Å². The second kappa shape index (κ2) is 8.20. The molecule has 0 spiro atoms. The van der Waals surface area contributed by atoms with Crippen molar-refractivity contribution in [3.63, 3.8) is 0 Å². The highest BCUT2D eigenvalue weighted by Crippen LogP contribution is 2.07. The van der Waals surface area contributed by atoms with Crippen molar-refractivity contribution in [1.82, 2.24) is 10.6 Å². The lowest BCUT2D eigenvalue weighted by atomic mass is 10.0. The van der Waals surface area contributed by atoms with Crippen LogP contribution in [0.15, 0.2) is 0 Å². The second-order valence-electron chi connectivity index (χ2n) is 4.69. The van der Waals surface area contributed by atoms with Crippen LogP contribution in [0.1, 0.15) is 20.3 Å². The van der Waals surface area contributed by atoms with Crippen LogP contribution in [-0.2, 0) is 4.79 Å². The van der Waals surface area contributed by atoms with E-state index < -0.39 is 24.0 Å². The Kier molecular flexibility index (Phi) is 7.77. The van der Waals surface area contributed by atoms with Crippen LogP contribution < -0.4 is 10.6 Å². The fraction of sp³-hybridized carbons (Fsp3) is 0.818. The Morgan fingerprint density at radius 3 is 2.50 bits per heavy atom. The molecule has 2 amide bonds. The fourth-order valence-corrected chi connectivity index (χ4v) is 2.02. The van der Waals surface area contributed by atoms with Gasteiger partial charge in [-0.1, -0.05) is 6.92 Å². The van der Waals surface area contributed by atoms with Gasteiger partial charge in [0.2, 0.25) is 0 Å². The van der Waals surface area contributed by atoms with Crippen molar-refractivity contribution < 1.29 is 19.8 Å². The van der Waals surface area contributed by atoms with Gasteiger partial charge in [0.05, 0.1) is 12.0 Å². The molecule has 0 aliphatic carbocycles. The number of amides is 2. The maximum absolute atomic E-state index is 11.4.